The molecule has 15 heavy (non-hydrogen) atoms. The Morgan fingerprint density at radius 3 is 2.27 bits per heavy atom. The van der Waals surface area contributed by atoms with Gasteiger partial charge in [0.25, 0.3) is 0 Å². The summed E-state index contributed by atoms with van der Waals surface area (Å²) < 4.78 is 0. The van der Waals surface area contributed by atoms with Crippen LogP contribution < -0.4 is 4.90 Å². The molecule has 0 amide bonds. The van der Waals surface area contributed by atoms with Gasteiger partial charge in [0.2, 0.25) is 0 Å². The van der Waals surface area contributed by atoms with Crippen LogP contribution in [0, 0.1) is 0 Å². The molecule has 0 fully saturated rings. The molecule has 0 saturated carbocycles. The third kappa shape index (κ3) is 2.82. The Balaban J connectivity index is 1.76. The maximum absolute atomic E-state index is 2.29. The van der Waals surface area contributed by atoms with Crippen LogP contribution in [0.4, 0.5) is 0 Å². The Morgan fingerprint density at radius 2 is 1.67 bits per heavy atom. The Morgan fingerprint density at radius 1 is 1.00 bits per heavy atom. The van der Waals surface area contributed by atoms with Gasteiger partial charge in [-0.1, -0.05) is 44.0 Å². The molecule has 0 saturated heterocycles. The zero-order chi connectivity index (χ0) is 10.5. The second-order valence-electron chi connectivity index (χ2n) is 4.68. The minimum absolute atomic E-state index is 1.25. The van der Waals surface area contributed by atoms with Crippen LogP contribution in [-0.4, -0.2) is 6.54 Å². The highest BCUT2D eigenvalue weighted by atomic mass is 15.1. The second-order valence-corrected chi connectivity index (χ2v) is 4.68. The zero-order valence-corrected chi connectivity index (χ0v) is 9.76. The van der Waals surface area contributed by atoms with E-state index in [1.54, 1.807) is 16.0 Å². The average Bonchev–Trinajstić information content (AvgIpc) is 2.67. The van der Waals surface area contributed by atoms with E-state index < -0.39 is 0 Å². The molecular weight excluding hydrogens is 182 g/mol. The zero-order valence-electron chi connectivity index (χ0n) is 9.76. The summed E-state index contributed by atoms with van der Waals surface area (Å²) in [5, 5.41) is 0. The van der Waals surface area contributed by atoms with E-state index in [9.17, 15) is 0 Å². The third-order valence-electron chi connectivity index (χ3n) is 3.38. The smallest absolute Gasteiger partial charge is 0.104 e. The van der Waals surface area contributed by atoms with E-state index in [4.69, 9.17) is 0 Å². The van der Waals surface area contributed by atoms with Crippen molar-refractivity contribution in [2.24, 2.45) is 0 Å². The molecule has 1 heterocycles. The predicted molar refractivity (Wildman–Crippen MR) is 63.8 cm³/mol. The van der Waals surface area contributed by atoms with Crippen LogP contribution in [0.25, 0.3) is 0 Å². The summed E-state index contributed by atoms with van der Waals surface area (Å²) in [6.45, 7) is 6.14. The number of nitrogens with one attached hydrogen (secondary N) is 1. The summed E-state index contributed by atoms with van der Waals surface area (Å²) >= 11 is 0. The van der Waals surface area contributed by atoms with Gasteiger partial charge in [0.15, 0.2) is 0 Å². The Kier molecular flexibility index (Phi) is 3.79. The van der Waals surface area contributed by atoms with E-state index in [0.717, 1.165) is 0 Å². The first-order chi connectivity index (χ1) is 7.40. The highest BCUT2D eigenvalue weighted by molar-refractivity contribution is 5.27. The fourth-order valence-electron chi connectivity index (χ4n) is 2.48. The van der Waals surface area contributed by atoms with Crippen LogP contribution in [0.1, 0.15) is 43.7 Å². The van der Waals surface area contributed by atoms with Gasteiger partial charge < -0.3 is 4.90 Å². The Hall–Kier alpha value is -0.820. The number of rotatable bonds is 5. The van der Waals surface area contributed by atoms with Gasteiger partial charge in [0, 0.05) is 11.1 Å². The van der Waals surface area contributed by atoms with E-state index in [2.05, 4.69) is 31.2 Å². The van der Waals surface area contributed by atoms with Crippen LogP contribution in [0.3, 0.4) is 0 Å². The van der Waals surface area contributed by atoms with Gasteiger partial charge in [0.1, 0.15) is 13.1 Å². The molecule has 0 aliphatic carbocycles. The topological polar surface area (TPSA) is 4.44 Å². The van der Waals surface area contributed by atoms with Crippen molar-refractivity contribution in [1.29, 1.82) is 0 Å². The fourth-order valence-corrected chi connectivity index (χ4v) is 2.48. The number of quaternary nitrogens is 1. The molecule has 0 atom stereocenters. The minimum Gasteiger partial charge on any atom is -0.327 e. The van der Waals surface area contributed by atoms with Crippen molar-refractivity contribution in [3.05, 3.63) is 35.4 Å². The summed E-state index contributed by atoms with van der Waals surface area (Å²) in [5.41, 5.74) is 3.14. The summed E-state index contributed by atoms with van der Waals surface area (Å²) in [4.78, 5) is 1.76. The highest BCUT2D eigenvalue weighted by Crippen LogP contribution is 2.10. The van der Waals surface area contributed by atoms with Crippen molar-refractivity contribution in [2.45, 2.75) is 45.7 Å². The van der Waals surface area contributed by atoms with Crippen molar-refractivity contribution in [1.82, 2.24) is 0 Å². The average molecular weight is 204 g/mol. The second kappa shape index (κ2) is 5.32. The van der Waals surface area contributed by atoms with Crippen LogP contribution in [0.2, 0.25) is 0 Å². The summed E-state index contributed by atoms with van der Waals surface area (Å²) in [7, 11) is 0. The summed E-state index contributed by atoms with van der Waals surface area (Å²) in [6, 6.07) is 8.90. The lowest BCUT2D eigenvalue weighted by molar-refractivity contribution is -0.920. The number of hydrogen-bond acceptors (Lipinski definition) is 0. The predicted octanol–water partition coefficient (Wildman–Crippen LogP) is 2.17. The molecule has 2 rings (SSSR count). The third-order valence-corrected chi connectivity index (χ3v) is 3.38. The molecule has 1 aromatic carbocycles. The first-order valence-electron chi connectivity index (χ1n) is 6.30. The van der Waals surface area contributed by atoms with Crippen LogP contribution in [-0.2, 0) is 13.1 Å². The van der Waals surface area contributed by atoms with Crippen molar-refractivity contribution >= 4 is 0 Å². The number of unbranched alkanes of at least 4 members (excludes halogenated alkanes) is 3. The maximum atomic E-state index is 2.29. The fraction of sp³-hybridized carbons (Fsp3) is 0.571. The minimum atomic E-state index is 1.25. The molecule has 0 radical (unpaired) electrons. The molecule has 1 N–H and O–H groups in total. The molecule has 0 spiro atoms. The molecular formula is C14H22N+. The van der Waals surface area contributed by atoms with Gasteiger partial charge in [0.05, 0.1) is 6.54 Å². The maximum Gasteiger partial charge on any atom is 0.104 e. The summed E-state index contributed by atoms with van der Waals surface area (Å²) in [6.07, 6.45) is 5.56. The Labute approximate surface area is 93.1 Å². The van der Waals surface area contributed by atoms with E-state index >= 15 is 0 Å². The van der Waals surface area contributed by atoms with Gasteiger partial charge in [-0.2, -0.15) is 0 Å². The lowest BCUT2D eigenvalue weighted by atomic mass is 10.1. The molecule has 0 unspecified atom stereocenters. The standard InChI is InChI=1S/C14H21N/c1-2-3-4-7-10-15-11-13-8-5-6-9-14(13)12-15/h5-6,8-9H,2-4,7,10-12H2,1H3/p+1. The van der Waals surface area contributed by atoms with E-state index in [1.807, 2.05) is 0 Å². The van der Waals surface area contributed by atoms with Crippen molar-refractivity contribution in [3.8, 4) is 0 Å². The first-order valence-corrected chi connectivity index (χ1v) is 6.30. The van der Waals surface area contributed by atoms with Crippen molar-refractivity contribution in [3.63, 3.8) is 0 Å². The summed E-state index contributed by atoms with van der Waals surface area (Å²) in [5.74, 6) is 0. The van der Waals surface area contributed by atoms with Gasteiger partial charge in [-0.05, 0) is 12.8 Å². The van der Waals surface area contributed by atoms with Gasteiger partial charge in [-0.15, -0.1) is 0 Å². The van der Waals surface area contributed by atoms with Crippen molar-refractivity contribution < 1.29 is 4.90 Å². The largest absolute Gasteiger partial charge is 0.327 e. The molecule has 0 aromatic heterocycles. The van der Waals surface area contributed by atoms with E-state index in [0.29, 0.717) is 0 Å². The molecule has 1 aliphatic rings. The monoisotopic (exact) mass is 204 g/mol. The lowest BCUT2D eigenvalue weighted by Gasteiger charge is -2.11. The van der Waals surface area contributed by atoms with Crippen LogP contribution >= 0.6 is 0 Å². The highest BCUT2D eigenvalue weighted by Gasteiger charge is 2.20. The number of benzene rings is 1. The Bertz CT molecular complexity index is 281. The number of hydrogen-bond donors (Lipinski definition) is 1. The normalized spacial score (nSPS) is 15.5. The van der Waals surface area contributed by atoms with Gasteiger partial charge >= 0.3 is 0 Å². The lowest BCUT2D eigenvalue weighted by Crippen LogP contribution is -3.07. The van der Waals surface area contributed by atoms with Crippen LogP contribution in [0.15, 0.2) is 24.3 Å². The molecule has 0 bridgehead atoms. The molecule has 1 aliphatic heterocycles. The molecule has 1 nitrogen and oxygen atoms in total. The first kappa shape index (κ1) is 10.7. The molecule has 1 heteroatoms. The molecule has 1 aromatic rings. The van der Waals surface area contributed by atoms with E-state index in [-0.39, 0.29) is 0 Å². The SMILES string of the molecule is CCCCCC[NH+]1Cc2ccccc2C1. The molecule has 82 valence electrons. The number of fused-ring (bicyclic) bond motifs is 1. The van der Waals surface area contributed by atoms with Crippen molar-refractivity contribution in [2.75, 3.05) is 6.54 Å². The van der Waals surface area contributed by atoms with Crippen LogP contribution in [0.5, 0.6) is 0 Å². The van der Waals surface area contributed by atoms with E-state index in [1.165, 1.54) is 45.3 Å². The van der Waals surface area contributed by atoms with Gasteiger partial charge in [-0.3, -0.25) is 0 Å². The van der Waals surface area contributed by atoms with Gasteiger partial charge in [-0.25, -0.2) is 0 Å². The quantitative estimate of drug-likeness (QED) is 0.701.